The predicted molar refractivity (Wildman–Crippen MR) is 72.3 cm³/mol. The van der Waals surface area contributed by atoms with Crippen molar-refractivity contribution < 1.29 is 5.11 Å². The summed E-state index contributed by atoms with van der Waals surface area (Å²) < 4.78 is 0. The van der Waals surface area contributed by atoms with Gasteiger partial charge in [-0.2, -0.15) is 0 Å². The topological polar surface area (TPSA) is 23.5 Å². The number of aryl methyl sites for hydroxylation is 1. The first-order chi connectivity index (χ1) is 8.24. The standard InChI is InChI=1S/C15H23NO/c1-3-13-5-4-8-16(10-13)15-7-6-14(11-17)9-12(15)2/h6-7,9,13,17H,3-5,8,10-11H2,1-2H3. The van der Waals surface area contributed by atoms with Crippen molar-refractivity contribution in [3.8, 4) is 0 Å². The maximum absolute atomic E-state index is 9.13. The highest BCUT2D eigenvalue weighted by Gasteiger charge is 2.19. The minimum atomic E-state index is 0.138. The average molecular weight is 233 g/mol. The summed E-state index contributed by atoms with van der Waals surface area (Å²) in [5.41, 5.74) is 3.64. The summed E-state index contributed by atoms with van der Waals surface area (Å²) >= 11 is 0. The van der Waals surface area contributed by atoms with Crippen molar-refractivity contribution in [2.75, 3.05) is 18.0 Å². The third kappa shape index (κ3) is 2.81. The molecule has 2 nitrogen and oxygen atoms in total. The Labute approximate surface area is 104 Å². The highest BCUT2D eigenvalue weighted by molar-refractivity contribution is 5.54. The molecule has 1 atom stereocenters. The maximum Gasteiger partial charge on any atom is 0.0681 e. The highest BCUT2D eigenvalue weighted by Crippen LogP contribution is 2.27. The Kier molecular flexibility index (Phi) is 4.06. The van der Waals surface area contributed by atoms with Gasteiger partial charge >= 0.3 is 0 Å². The Morgan fingerprint density at radius 1 is 1.41 bits per heavy atom. The van der Waals surface area contributed by atoms with Crippen molar-refractivity contribution in [1.29, 1.82) is 0 Å². The van der Waals surface area contributed by atoms with E-state index in [9.17, 15) is 0 Å². The van der Waals surface area contributed by atoms with Crippen molar-refractivity contribution in [1.82, 2.24) is 0 Å². The van der Waals surface area contributed by atoms with Gasteiger partial charge in [-0.05, 0) is 42.9 Å². The fourth-order valence-electron chi connectivity index (χ4n) is 2.79. The molecule has 1 N–H and O–H groups in total. The first kappa shape index (κ1) is 12.4. The largest absolute Gasteiger partial charge is 0.392 e. The van der Waals surface area contributed by atoms with Gasteiger partial charge in [0, 0.05) is 18.8 Å². The van der Waals surface area contributed by atoms with E-state index in [4.69, 9.17) is 5.11 Å². The summed E-state index contributed by atoms with van der Waals surface area (Å²) in [7, 11) is 0. The van der Waals surface area contributed by atoms with Crippen LogP contribution in [0.4, 0.5) is 5.69 Å². The highest BCUT2D eigenvalue weighted by atomic mass is 16.3. The van der Waals surface area contributed by atoms with Gasteiger partial charge in [0.05, 0.1) is 6.61 Å². The quantitative estimate of drug-likeness (QED) is 0.867. The van der Waals surface area contributed by atoms with Crippen molar-refractivity contribution in [3.63, 3.8) is 0 Å². The van der Waals surface area contributed by atoms with Gasteiger partial charge in [0.25, 0.3) is 0 Å². The van der Waals surface area contributed by atoms with E-state index < -0.39 is 0 Å². The zero-order valence-corrected chi connectivity index (χ0v) is 10.9. The first-order valence-electron chi connectivity index (χ1n) is 6.70. The molecule has 1 saturated heterocycles. The van der Waals surface area contributed by atoms with Crippen molar-refractivity contribution >= 4 is 5.69 Å². The van der Waals surface area contributed by atoms with Crippen LogP contribution < -0.4 is 4.90 Å². The van der Waals surface area contributed by atoms with Crippen LogP contribution in [0.25, 0.3) is 0 Å². The van der Waals surface area contributed by atoms with E-state index in [-0.39, 0.29) is 6.61 Å². The van der Waals surface area contributed by atoms with E-state index in [2.05, 4.69) is 30.9 Å². The maximum atomic E-state index is 9.13. The van der Waals surface area contributed by atoms with Crippen LogP contribution in [0, 0.1) is 12.8 Å². The fraction of sp³-hybridized carbons (Fsp3) is 0.600. The third-order valence-corrected chi connectivity index (χ3v) is 3.88. The molecule has 17 heavy (non-hydrogen) atoms. The number of nitrogens with zero attached hydrogens (tertiary/aromatic N) is 1. The van der Waals surface area contributed by atoms with Crippen molar-refractivity contribution in [2.45, 2.75) is 39.7 Å². The number of rotatable bonds is 3. The van der Waals surface area contributed by atoms with E-state index in [0.29, 0.717) is 0 Å². The lowest BCUT2D eigenvalue weighted by Gasteiger charge is -2.35. The van der Waals surface area contributed by atoms with E-state index in [1.807, 2.05) is 6.07 Å². The summed E-state index contributed by atoms with van der Waals surface area (Å²) in [5, 5.41) is 9.13. The second-order valence-electron chi connectivity index (χ2n) is 5.14. The molecule has 94 valence electrons. The van der Waals surface area contributed by atoms with Crippen LogP contribution in [0.15, 0.2) is 18.2 Å². The van der Waals surface area contributed by atoms with Crippen LogP contribution in [-0.4, -0.2) is 18.2 Å². The van der Waals surface area contributed by atoms with Crippen LogP contribution in [0.3, 0.4) is 0 Å². The molecule has 0 spiro atoms. The molecule has 0 saturated carbocycles. The number of piperidine rings is 1. The summed E-state index contributed by atoms with van der Waals surface area (Å²) in [5.74, 6) is 0.848. The molecule has 0 amide bonds. The lowest BCUT2D eigenvalue weighted by molar-refractivity contribution is 0.282. The fourth-order valence-corrected chi connectivity index (χ4v) is 2.79. The molecule has 1 heterocycles. The Balaban J connectivity index is 2.16. The normalized spacial score (nSPS) is 20.6. The number of hydrogen-bond acceptors (Lipinski definition) is 2. The lowest BCUT2D eigenvalue weighted by Crippen LogP contribution is -2.35. The van der Waals surface area contributed by atoms with E-state index in [1.165, 1.54) is 43.6 Å². The predicted octanol–water partition coefficient (Wildman–Crippen LogP) is 3.11. The zero-order valence-electron chi connectivity index (χ0n) is 10.9. The van der Waals surface area contributed by atoms with Crippen LogP contribution in [-0.2, 0) is 6.61 Å². The second kappa shape index (κ2) is 5.54. The molecule has 1 fully saturated rings. The van der Waals surface area contributed by atoms with Gasteiger partial charge in [-0.1, -0.05) is 25.5 Å². The SMILES string of the molecule is CCC1CCCN(c2ccc(CO)cc2C)C1. The van der Waals surface area contributed by atoms with E-state index in [1.54, 1.807) is 0 Å². The Hall–Kier alpha value is -1.02. The molecule has 0 bridgehead atoms. The molecule has 2 rings (SSSR count). The lowest BCUT2D eigenvalue weighted by atomic mass is 9.94. The minimum Gasteiger partial charge on any atom is -0.392 e. The van der Waals surface area contributed by atoms with Gasteiger partial charge in [-0.25, -0.2) is 0 Å². The minimum absolute atomic E-state index is 0.138. The molecule has 0 aromatic heterocycles. The van der Waals surface area contributed by atoms with Crippen LogP contribution in [0.5, 0.6) is 0 Å². The number of aliphatic hydroxyl groups is 1. The van der Waals surface area contributed by atoms with Crippen LogP contribution in [0.2, 0.25) is 0 Å². The number of aliphatic hydroxyl groups excluding tert-OH is 1. The second-order valence-corrected chi connectivity index (χ2v) is 5.14. The van der Waals surface area contributed by atoms with Crippen LogP contribution in [0.1, 0.15) is 37.3 Å². The number of benzene rings is 1. The average Bonchev–Trinajstić information content (AvgIpc) is 2.38. The molecular formula is C15H23NO. The van der Waals surface area contributed by atoms with Gasteiger partial charge in [0.1, 0.15) is 0 Å². The van der Waals surface area contributed by atoms with Gasteiger partial charge in [-0.15, -0.1) is 0 Å². The molecular weight excluding hydrogens is 210 g/mol. The van der Waals surface area contributed by atoms with Gasteiger partial charge in [0.2, 0.25) is 0 Å². The first-order valence-corrected chi connectivity index (χ1v) is 6.70. The molecule has 1 unspecified atom stereocenters. The molecule has 2 heteroatoms. The molecule has 0 radical (unpaired) electrons. The van der Waals surface area contributed by atoms with E-state index in [0.717, 1.165) is 11.5 Å². The molecule has 1 aromatic carbocycles. The summed E-state index contributed by atoms with van der Waals surface area (Å²) in [6.45, 7) is 6.93. The van der Waals surface area contributed by atoms with Crippen molar-refractivity contribution in [2.24, 2.45) is 5.92 Å². The Morgan fingerprint density at radius 2 is 2.24 bits per heavy atom. The third-order valence-electron chi connectivity index (χ3n) is 3.88. The summed E-state index contributed by atoms with van der Waals surface area (Å²) in [4.78, 5) is 2.51. The molecule has 1 aliphatic heterocycles. The number of anilines is 1. The van der Waals surface area contributed by atoms with Crippen molar-refractivity contribution in [3.05, 3.63) is 29.3 Å². The number of hydrogen-bond donors (Lipinski definition) is 1. The van der Waals surface area contributed by atoms with E-state index >= 15 is 0 Å². The van der Waals surface area contributed by atoms with Gasteiger partial charge in [0.15, 0.2) is 0 Å². The van der Waals surface area contributed by atoms with Gasteiger partial charge < -0.3 is 10.0 Å². The van der Waals surface area contributed by atoms with Gasteiger partial charge in [-0.3, -0.25) is 0 Å². The van der Waals surface area contributed by atoms with Crippen LogP contribution >= 0.6 is 0 Å². The molecule has 1 aliphatic rings. The smallest absolute Gasteiger partial charge is 0.0681 e. The Bertz CT molecular complexity index is 375. The Morgan fingerprint density at radius 3 is 2.88 bits per heavy atom. The zero-order chi connectivity index (χ0) is 12.3. The molecule has 1 aromatic rings. The monoisotopic (exact) mass is 233 g/mol. The summed E-state index contributed by atoms with van der Waals surface area (Å²) in [6.07, 6.45) is 3.96. The molecule has 0 aliphatic carbocycles. The summed E-state index contributed by atoms with van der Waals surface area (Å²) in [6, 6.07) is 6.31.